The van der Waals surface area contributed by atoms with Gasteiger partial charge in [-0.05, 0) is 25.5 Å². The van der Waals surface area contributed by atoms with Crippen molar-refractivity contribution >= 4 is 22.9 Å². The van der Waals surface area contributed by atoms with Crippen molar-refractivity contribution in [2.75, 3.05) is 0 Å². The van der Waals surface area contributed by atoms with Gasteiger partial charge in [-0.25, -0.2) is 8.78 Å². The van der Waals surface area contributed by atoms with E-state index < -0.39 is 11.8 Å². The van der Waals surface area contributed by atoms with Crippen LogP contribution in [0.5, 0.6) is 0 Å². The predicted octanol–water partition coefficient (Wildman–Crippen LogP) is 3.91. The van der Waals surface area contributed by atoms with Crippen molar-refractivity contribution in [3.8, 4) is 0 Å². The molecule has 0 fully saturated rings. The van der Waals surface area contributed by atoms with E-state index in [-0.39, 0.29) is 0 Å². The van der Waals surface area contributed by atoms with Crippen molar-refractivity contribution in [3.63, 3.8) is 0 Å². The Kier molecular flexibility index (Phi) is 3.07. The van der Waals surface area contributed by atoms with Gasteiger partial charge in [0.15, 0.2) is 0 Å². The van der Waals surface area contributed by atoms with Gasteiger partial charge in [-0.1, -0.05) is 0 Å². The summed E-state index contributed by atoms with van der Waals surface area (Å²) in [5.74, 6) is 0. The number of alkyl halides is 3. The minimum Gasteiger partial charge on any atom is -0.208 e. The average Bonchev–Trinajstić information content (AvgIpc) is 2.28. The normalized spacial score (nSPS) is 13.8. The van der Waals surface area contributed by atoms with Crippen molar-refractivity contribution in [1.29, 1.82) is 0 Å². The fourth-order valence-electron chi connectivity index (χ4n) is 1.06. The second-order valence-corrected chi connectivity index (χ2v) is 4.54. The minimum absolute atomic E-state index is 0.564. The first-order valence-corrected chi connectivity index (χ1v) is 4.77. The summed E-state index contributed by atoms with van der Waals surface area (Å²) in [5.41, 5.74) is 0.564. The molecule has 0 bridgehead atoms. The lowest BCUT2D eigenvalue weighted by Crippen LogP contribution is -2.01. The molecule has 0 N–H and O–H groups in total. The Morgan fingerprint density at radius 2 is 2.00 bits per heavy atom. The van der Waals surface area contributed by atoms with E-state index in [1.807, 2.05) is 13.8 Å². The molecule has 0 aromatic carbocycles. The minimum atomic E-state index is -2.49. The van der Waals surface area contributed by atoms with E-state index in [1.165, 1.54) is 11.3 Å². The van der Waals surface area contributed by atoms with Crippen LogP contribution in [0.2, 0.25) is 0 Å². The van der Waals surface area contributed by atoms with E-state index in [4.69, 9.17) is 11.6 Å². The summed E-state index contributed by atoms with van der Waals surface area (Å²) in [6, 6.07) is 1.73. The molecule has 1 unspecified atom stereocenters. The maximum Gasteiger partial charge on any atom is 0.258 e. The lowest BCUT2D eigenvalue weighted by atomic mass is 10.2. The van der Waals surface area contributed by atoms with Crippen LogP contribution >= 0.6 is 22.9 Å². The zero-order valence-corrected chi connectivity index (χ0v) is 8.35. The van der Waals surface area contributed by atoms with Crippen LogP contribution in [-0.2, 0) is 0 Å². The highest BCUT2D eigenvalue weighted by atomic mass is 35.5. The molecule has 12 heavy (non-hydrogen) atoms. The maximum atomic E-state index is 12.2. The van der Waals surface area contributed by atoms with Gasteiger partial charge < -0.3 is 0 Å². The van der Waals surface area contributed by atoms with Crippen molar-refractivity contribution < 1.29 is 8.78 Å². The fourth-order valence-corrected chi connectivity index (χ4v) is 2.32. The summed E-state index contributed by atoms with van der Waals surface area (Å²) >= 11 is 7.01. The third-order valence-corrected chi connectivity index (χ3v) is 3.00. The molecule has 0 saturated carbocycles. The highest BCUT2D eigenvalue weighted by Crippen LogP contribution is 2.34. The number of hydrogen-bond donors (Lipinski definition) is 0. The van der Waals surface area contributed by atoms with Gasteiger partial charge in [0, 0.05) is 9.75 Å². The number of thiophene rings is 1. The summed E-state index contributed by atoms with van der Waals surface area (Å²) in [7, 11) is 0. The summed E-state index contributed by atoms with van der Waals surface area (Å²) in [5, 5.41) is -1.16. The number of aryl methyl sites for hydroxylation is 2. The van der Waals surface area contributed by atoms with Crippen molar-refractivity contribution in [2.24, 2.45) is 0 Å². The van der Waals surface area contributed by atoms with Crippen LogP contribution in [0.4, 0.5) is 8.78 Å². The first-order valence-electron chi connectivity index (χ1n) is 3.51. The summed E-state index contributed by atoms with van der Waals surface area (Å²) < 4.78 is 24.4. The Bertz CT molecular complexity index is 270. The first-order chi connectivity index (χ1) is 5.52. The molecule has 1 rings (SSSR count). The van der Waals surface area contributed by atoms with E-state index in [2.05, 4.69) is 0 Å². The Morgan fingerprint density at radius 1 is 1.42 bits per heavy atom. The number of rotatable bonds is 2. The molecule has 0 radical (unpaired) electrons. The molecule has 0 amide bonds. The lowest BCUT2D eigenvalue weighted by Gasteiger charge is -2.06. The summed E-state index contributed by atoms with van der Waals surface area (Å²) in [6.45, 7) is 3.70. The third-order valence-electron chi connectivity index (χ3n) is 1.60. The predicted molar refractivity (Wildman–Crippen MR) is 48.4 cm³/mol. The highest BCUT2D eigenvalue weighted by molar-refractivity contribution is 7.12. The monoisotopic (exact) mass is 210 g/mol. The fraction of sp³-hybridized carbons (Fsp3) is 0.500. The molecule has 68 valence electrons. The Morgan fingerprint density at radius 3 is 2.33 bits per heavy atom. The largest absolute Gasteiger partial charge is 0.258 e. The molecule has 0 saturated heterocycles. The van der Waals surface area contributed by atoms with E-state index in [1.54, 1.807) is 6.07 Å². The quantitative estimate of drug-likeness (QED) is 0.650. The topological polar surface area (TPSA) is 0 Å². The second-order valence-electron chi connectivity index (χ2n) is 2.60. The standard InChI is InChI=1S/C8H9ClF2S/c1-4-3-6(5(2)12-4)7(9)8(10)11/h3,7-8H,1-2H3. The van der Waals surface area contributed by atoms with Crippen LogP contribution in [0, 0.1) is 13.8 Å². The smallest absolute Gasteiger partial charge is 0.208 e. The van der Waals surface area contributed by atoms with Crippen LogP contribution in [0.25, 0.3) is 0 Å². The Labute approximate surface area is 79.2 Å². The summed E-state index contributed by atoms with van der Waals surface area (Å²) in [4.78, 5) is 1.90. The van der Waals surface area contributed by atoms with Crippen LogP contribution < -0.4 is 0 Å². The molecule has 0 nitrogen and oxygen atoms in total. The zero-order chi connectivity index (χ0) is 9.30. The first kappa shape index (κ1) is 9.93. The Balaban J connectivity index is 2.94. The molecule has 0 aliphatic heterocycles. The zero-order valence-electron chi connectivity index (χ0n) is 6.77. The maximum absolute atomic E-state index is 12.2. The molecule has 1 heterocycles. The molecule has 0 aliphatic rings. The van der Waals surface area contributed by atoms with E-state index in [0.29, 0.717) is 5.56 Å². The number of halogens is 3. The van der Waals surface area contributed by atoms with E-state index in [0.717, 1.165) is 9.75 Å². The van der Waals surface area contributed by atoms with Gasteiger partial charge in [-0.2, -0.15) is 0 Å². The molecule has 4 heteroatoms. The third kappa shape index (κ3) is 1.96. The SMILES string of the molecule is Cc1cc(C(Cl)C(F)F)c(C)s1. The molecule has 1 aromatic rings. The summed E-state index contributed by atoms with van der Waals surface area (Å²) in [6.07, 6.45) is -2.49. The van der Waals surface area contributed by atoms with Crippen LogP contribution in [-0.4, -0.2) is 6.43 Å². The second kappa shape index (κ2) is 3.71. The lowest BCUT2D eigenvalue weighted by molar-refractivity contribution is 0.143. The Hall–Kier alpha value is -0.150. The van der Waals surface area contributed by atoms with Crippen LogP contribution in [0.3, 0.4) is 0 Å². The number of hydrogen-bond acceptors (Lipinski definition) is 1. The van der Waals surface area contributed by atoms with Gasteiger partial charge in [0.2, 0.25) is 0 Å². The van der Waals surface area contributed by atoms with Gasteiger partial charge in [0.25, 0.3) is 6.43 Å². The van der Waals surface area contributed by atoms with Gasteiger partial charge in [0.05, 0.1) is 0 Å². The molecular formula is C8H9ClF2S. The van der Waals surface area contributed by atoms with Crippen molar-refractivity contribution in [1.82, 2.24) is 0 Å². The average molecular weight is 211 g/mol. The van der Waals surface area contributed by atoms with Crippen LogP contribution in [0.1, 0.15) is 20.7 Å². The molecule has 0 spiro atoms. The van der Waals surface area contributed by atoms with Gasteiger partial charge >= 0.3 is 0 Å². The molecule has 1 atom stereocenters. The van der Waals surface area contributed by atoms with Gasteiger partial charge in [-0.15, -0.1) is 22.9 Å². The van der Waals surface area contributed by atoms with E-state index in [9.17, 15) is 8.78 Å². The molecule has 1 aromatic heterocycles. The molecular weight excluding hydrogens is 202 g/mol. The van der Waals surface area contributed by atoms with Crippen molar-refractivity contribution in [2.45, 2.75) is 25.7 Å². The van der Waals surface area contributed by atoms with Crippen LogP contribution in [0.15, 0.2) is 6.07 Å². The van der Waals surface area contributed by atoms with E-state index >= 15 is 0 Å². The van der Waals surface area contributed by atoms with Crippen molar-refractivity contribution in [3.05, 3.63) is 21.4 Å². The van der Waals surface area contributed by atoms with Gasteiger partial charge in [0.1, 0.15) is 5.38 Å². The molecule has 0 aliphatic carbocycles. The van der Waals surface area contributed by atoms with Gasteiger partial charge in [-0.3, -0.25) is 0 Å². The highest BCUT2D eigenvalue weighted by Gasteiger charge is 2.22.